The van der Waals surface area contributed by atoms with Crippen LogP contribution in [0, 0.1) is 0 Å². The lowest BCUT2D eigenvalue weighted by Crippen LogP contribution is -1.97. The first-order chi connectivity index (χ1) is 5.86. The van der Waals surface area contributed by atoms with Gasteiger partial charge in [0, 0.05) is 25.5 Å². The fraction of sp³-hybridized carbons (Fsp3) is 0.556. The second-order valence-corrected chi connectivity index (χ2v) is 3.79. The van der Waals surface area contributed by atoms with E-state index in [0.717, 1.165) is 6.54 Å². The number of thioether (sulfide) groups is 1. The summed E-state index contributed by atoms with van der Waals surface area (Å²) in [4.78, 5) is 0. The molecule has 0 amide bonds. The first-order valence-corrected chi connectivity index (χ1v) is 5.60. The van der Waals surface area contributed by atoms with Crippen molar-refractivity contribution in [2.45, 2.75) is 19.5 Å². The molecule has 0 unspecified atom stereocenters. The Morgan fingerprint density at radius 1 is 1.58 bits per heavy atom. The van der Waals surface area contributed by atoms with Gasteiger partial charge in [-0.2, -0.15) is 11.8 Å². The van der Waals surface area contributed by atoms with Crippen molar-refractivity contribution in [2.24, 2.45) is 5.73 Å². The van der Waals surface area contributed by atoms with E-state index >= 15 is 0 Å². The summed E-state index contributed by atoms with van der Waals surface area (Å²) >= 11 is 1.90. The second kappa shape index (κ2) is 5.27. The van der Waals surface area contributed by atoms with Crippen molar-refractivity contribution in [2.75, 3.05) is 12.0 Å². The van der Waals surface area contributed by atoms with E-state index in [0.29, 0.717) is 6.54 Å². The number of nitrogens with zero attached hydrogens (tertiary/aromatic N) is 1. The van der Waals surface area contributed by atoms with Gasteiger partial charge in [-0.15, -0.1) is 0 Å². The summed E-state index contributed by atoms with van der Waals surface area (Å²) in [7, 11) is 0. The minimum atomic E-state index is 0.648. The van der Waals surface area contributed by atoms with E-state index in [4.69, 9.17) is 5.73 Å². The molecule has 0 saturated carbocycles. The highest BCUT2D eigenvalue weighted by atomic mass is 32.2. The van der Waals surface area contributed by atoms with Crippen LogP contribution in [0.3, 0.4) is 0 Å². The van der Waals surface area contributed by atoms with Crippen LogP contribution in [0.5, 0.6) is 0 Å². The number of hydrogen-bond acceptors (Lipinski definition) is 2. The fourth-order valence-electron chi connectivity index (χ4n) is 1.14. The van der Waals surface area contributed by atoms with Gasteiger partial charge in [-0.25, -0.2) is 0 Å². The number of nitrogens with two attached hydrogens (primary N) is 1. The number of aromatic nitrogens is 1. The van der Waals surface area contributed by atoms with Gasteiger partial charge in [0.15, 0.2) is 0 Å². The molecule has 0 spiro atoms. The van der Waals surface area contributed by atoms with Crippen molar-refractivity contribution in [1.29, 1.82) is 0 Å². The topological polar surface area (TPSA) is 30.9 Å². The molecule has 1 aromatic rings. The molecule has 1 rings (SSSR count). The highest BCUT2D eigenvalue weighted by Crippen LogP contribution is 2.03. The van der Waals surface area contributed by atoms with Gasteiger partial charge in [0.2, 0.25) is 0 Å². The number of rotatable bonds is 5. The lowest BCUT2D eigenvalue weighted by Gasteiger charge is -2.00. The molecule has 0 saturated heterocycles. The quantitative estimate of drug-likeness (QED) is 0.706. The zero-order chi connectivity index (χ0) is 8.81. The summed E-state index contributed by atoms with van der Waals surface area (Å²) < 4.78 is 2.21. The van der Waals surface area contributed by atoms with Gasteiger partial charge in [0.25, 0.3) is 0 Å². The van der Waals surface area contributed by atoms with Gasteiger partial charge in [-0.3, -0.25) is 0 Å². The molecule has 1 heterocycles. The first kappa shape index (κ1) is 9.68. The van der Waals surface area contributed by atoms with Gasteiger partial charge < -0.3 is 10.3 Å². The van der Waals surface area contributed by atoms with Crippen molar-refractivity contribution in [3.8, 4) is 0 Å². The van der Waals surface area contributed by atoms with Crippen LogP contribution in [0.15, 0.2) is 18.5 Å². The molecule has 12 heavy (non-hydrogen) atoms. The molecule has 68 valence electrons. The summed E-state index contributed by atoms with van der Waals surface area (Å²) in [5.74, 6) is 1.23. The van der Waals surface area contributed by atoms with Crippen LogP contribution in [0.2, 0.25) is 0 Å². The molecule has 0 aromatic carbocycles. The van der Waals surface area contributed by atoms with Crippen LogP contribution < -0.4 is 5.73 Å². The van der Waals surface area contributed by atoms with E-state index in [1.807, 2.05) is 11.8 Å². The molecule has 0 aliphatic heterocycles. The van der Waals surface area contributed by atoms with Gasteiger partial charge in [-0.1, -0.05) is 0 Å². The molecule has 0 radical (unpaired) electrons. The molecular formula is C9H16N2S. The van der Waals surface area contributed by atoms with Crippen molar-refractivity contribution in [3.63, 3.8) is 0 Å². The van der Waals surface area contributed by atoms with Crippen molar-refractivity contribution < 1.29 is 0 Å². The van der Waals surface area contributed by atoms with Gasteiger partial charge in [-0.05, 0) is 30.1 Å². The zero-order valence-corrected chi connectivity index (χ0v) is 8.31. The molecule has 0 atom stereocenters. The van der Waals surface area contributed by atoms with Gasteiger partial charge in [0.1, 0.15) is 0 Å². The maximum absolute atomic E-state index is 5.50. The van der Waals surface area contributed by atoms with E-state index in [9.17, 15) is 0 Å². The van der Waals surface area contributed by atoms with E-state index in [1.54, 1.807) is 0 Å². The average Bonchev–Trinajstić information content (AvgIpc) is 2.53. The zero-order valence-electron chi connectivity index (χ0n) is 7.49. The number of hydrogen-bond donors (Lipinski definition) is 1. The summed E-state index contributed by atoms with van der Waals surface area (Å²) in [5.41, 5.74) is 6.72. The fourth-order valence-corrected chi connectivity index (χ4v) is 1.56. The van der Waals surface area contributed by atoms with Gasteiger partial charge >= 0.3 is 0 Å². The predicted octanol–water partition coefficient (Wildman–Crippen LogP) is 1.70. The predicted molar refractivity (Wildman–Crippen MR) is 55.3 cm³/mol. The van der Waals surface area contributed by atoms with Crippen molar-refractivity contribution >= 4 is 11.8 Å². The van der Waals surface area contributed by atoms with Gasteiger partial charge in [0.05, 0.1) is 0 Å². The molecular weight excluding hydrogens is 168 g/mol. The molecule has 2 nitrogen and oxygen atoms in total. The third-order valence-corrected chi connectivity index (χ3v) is 2.51. The molecule has 1 aromatic heterocycles. The molecule has 0 bridgehead atoms. The minimum Gasteiger partial charge on any atom is -0.354 e. The van der Waals surface area contributed by atoms with Crippen LogP contribution in [0.4, 0.5) is 0 Å². The Hall–Kier alpha value is -0.410. The second-order valence-electron chi connectivity index (χ2n) is 2.81. The molecule has 2 N–H and O–H groups in total. The molecule has 0 aliphatic carbocycles. The van der Waals surface area contributed by atoms with Crippen LogP contribution >= 0.6 is 11.8 Å². The third-order valence-electron chi connectivity index (χ3n) is 1.81. The molecule has 0 fully saturated rings. The van der Waals surface area contributed by atoms with Crippen LogP contribution in [-0.4, -0.2) is 16.6 Å². The van der Waals surface area contributed by atoms with E-state index in [2.05, 4.69) is 29.3 Å². The van der Waals surface area contributed by atoms with Crippen molar-refractivity contribution in [3.05, 3.63) is 24.0 Å². The van der Waals surface area contributed by atoms with E-state index in [-0.39, 0.29) is 0 Å². The molecule has 0 aliphatic rings. The molecule has 3 heteroatoms. The first-order valence-electron chi connectivity index (χ1n) is 4.20. The monoisotopic (exact) mass is 184 g/mol. The lowest BCUT2D eigenvalue weighted by molar-refractivity contribution is 0.686. The highest BCUT2D eigenvalue weighted by molar-refractivity contribution is 7.98. The standard InChI is InChI=1S/C9H16N2S/c1-12-6-2-4-11-5-3-9(7-10)8-11/h3,5,8H,2,4,6-7,10H2,1H3. The summed E-state index contributed by atoms with van der Waals surface area (Å²) in [6.45, 7) is 1.76. The summed E-state index contributed by atoms with van der Waals surface area (Å²) in [6, 6.07) is 2.08. The largest absolute Gasteiger partial charge is 0.354 e. The summed E-state index contributed by atoms with van der Waals surface area (Å²) in [6.07, 6.45) is 7.60. The average molecular weight is 184 g/mol. The normalized spacial score (nSPS) is 10.5. The Labute approximate surface area is 78.1 Å². The van der Waals surface area contributed by atoms with E-state index < -0.39 is 0 Å². The maximum atomic E-state index is 5.50. The maximum Gasteiger partial charge on any atom is 0.0227 e. The minimum absolute atomic E-state index is 0.648. The lowest BCUT2D eigenvalue weighted by atomic mass is 10.3. The summed E-state index contributed by atoms with van der Waals surface area (Å²) in [5, 5.41) is 0. The SMILES string of the molecule is CSCCCn1ccc(CN)c1. The smallest absolute Gasteiger partial charge is 0.0227 e. The highest BCUT2D eigenvalue weighted by Gasteiger charge is 1.93. The van der Waals surface area contributed by atoms with Crippen molar-refractivity contribution in [1.82, 2.24) is 4.57 Å². The van der Waals surface area contributed by atoms with Crippen LogP contribution in [0.25, 0.3) is 0 Å². The third kappa shape index (κ3) is 2.91. The Kier molecular flexibility index (Phi) is 4.25. The Morgan fingerprint density at radius 2 is 2.42 bits per heavy atom. The number of aryl methyl sites for hydroxylation is 1. The van der Waals surface area contributed by atoms with Crippen LogP contribution in [-0.2, 0) is 13.1 Å². The van der Waals surface area contributed by atoms with Crippen LogP contribution in [0.1, 0.15) is 12.0 Å². The Balaban J connectivity index is 2.31. The van der Waals surface area contributed by atoms with E-state index in [1.165, 1.54) is 17.7 Å². The Bertz CT molecular complexity index is 220. The Morgan fingerprint density at radius 3 is 3.00 bits per heavy atom.